The zero-order chi connectivity index (χ0) is 25.2. The molecule has 6 nitrogen and oxygen atoms in total. The SMILES string of the molecule is O=C(CSc1nc2ccc(N3C(=O)[C@H]4[C@H](C3=O)[C@H]3C=C[C@H]4C3)cc2s1)Nc1cccc(C(F)(F)F)c1. The molecular weight excluding hydrogens is 511 g/mol. The molecule has 2 heterocycles. The Morgan fingerprint density at radius 3 is 2.50 bits per heavy atom. The van der Waals surface area contributed by atoms with Crippen LogP contribution in [0.3, 0.4) is 0 Å². The summed E-state index contributed by atoms with van der Waals surface area (Å²) in [7, 11) is 0. The van der Waals surface area contributed by atoms with E-state index in [1.54, 1.807) is 18.2 Å². The second-order valence-electron chi connectivity index (χ2n) is 9.06. The van der Waals surface area contributed by atoms with E-state index in [0.717, 1.165) is 35.0 Å². The lowest BCUT2D eigenvalue weighted by molar-refractivity contribution is -0.137. The molecule has 1 saturated heterocycles. The van der Waals surface area contributed by atoms with E-state index in [1.807, 2.05) is 0 Å². The summed E-state index contributed by atoms with van der Waals surface area (Å²) in [5.74, 6) is -1.06. The van der Waals surface area contributed by atoms with Gasteiger partial charge in [-0.05, 0) is 54.7 Å². The fraction of sp³-hybridized carbons (Fsp3) is 0.280. The number of benzene rings is 2. The Morgan fingerprint density at radius 2 is 1.81 bits per heavy atom. The minimum atomic E-state index is -4.49. The summed E-state index contributed by atoms with van der Waals surface area (Å²) in [6.07, 6.45) is 0.491. The third-order valence-corrected chi connectivity index (χ3v) is 9.04. The molecule has 2 aliphatic carbocycles. The van der Waals surface area contributed by atoms with Crippen LogP contribution in [-0.4, -0.2) is 28.5 Å². The predicted molar refractivity (Wildman–Crippen MR) is 131 cm³/mol. The van der Waals surface area contributed by atoms with E-state index in [-0.39, 0.29) is 46.9 Å². The largest absolute Gasteiger partial charge is 0.416 e. The van der Waals surface area contributed by atoms with Gasteiger partial charge in [0.15, 0.2) is 4.34 Å². The fourth-order valence-electron chi connectivity index (χ4n) is 5.35. The minimum Gasteiger partial charge on any atom is -0.325 e. The van der Waals surface area contributed by atoms with Crippen molar-refractivity contribution in [3.8, 4) is 0 Å². The van der Waals surface area contributed by atoms with Crippen LogP contribution in [0.5, 0.6) is 0 Å². The number of fused-ring (bicyclic) bond motifs is 6. The number of amides is 3. The van der Waals surface area contributed by atoms with Crippen molar-refractivity contribution < 1.29 is 27.6 Å². The molecule has 6 rings (SSSR count). The van der Waals surface area contributed by atoms with E-state index in [4.69, 9.17) is 0 Å². The fourth-order valence-corrected chi connectivity index (χ4v) is 7.25. The molecule has 1 aromatic heterocycles. The Hall–Kier alpha value is -3.18. The van der Waals surface area contributed by atoms with Crippen molar-refractivity contribution >= 4 is 62.4 Å². The number of nitrogens with one attached hydrogen (secondary N) is 1. The number of thioether (sulfide) groups is 1. The molecule has 0 spiro atoms. The van der Waals surface area contributed by atoms with Crippen molar-refractivity contribution in [1.29, 1.82) is 0 Å². The molecule has 3 amide bonds. The number of carbonyl (C=O) groups excluding carboxylic acids is 3. The van der Waals surface area contributed by atoms with Crippen LogP contribution in [0.4, 0.5) is 24.5 Å². The molecule has 2 fully saturated rings. The van der Waals surface area contributed by atoms with E-state index < -0.39 is 17.6 Å². The smallest absolute Gasteiger partial charge is 0.325 e. The van der Waals surface area contributed by atoms with E-state index in [1.165, 1.54) is 28.4 Å². The summed E-state index contributed by atoms with van der Waals surface area (Å²) in [6.45, 7) is 0. The van der Waals surface area contributed by atoms with Crippen LogP contribution < -0.4 is 10.2 Å². The minimum absolute atomic E-state index is 0.0365. The van der Waals surface area contributed by atoms with Gasteiger partial charge in [-0.3, -0.25) is 14.4 Å². The standard InChI is InChI=1S/C25H18F3N3O3S2/c26-25(27,28)14-2-1-3-15(9-14)29-19(32)11-35-24-30-17-7-6-16(10-18(17)36-24)31-22(33)20-12-4-5-13(8-12)21(20)23(31)34/h1-7,9-10,12-13,20-21H,8,11H2,(H,29,32)/t12-,13-,20+,21+/m0/s1. The van der Waals surface area contributed by atoms with Crippen LogP contribution >= 0.6 is 23.1 Å². The molecule has 36 heavy (non-hydrogen) atoms. The second kappa shape index (κ2) is 8.45. The number of nitrogens with zero attached hydrogens (tertiary/aromatic N) is 2. The first kappa shape index (κ1) is 23.2. The van der Waals surface area contributed by atoms with Crippen LogP contribution in [0.1, 0.15) is 12.0 Å². The highest BCUT2D eigenvalue weighted by Gasteiger charge is 2.59. The van der Waals surface area contributed by atoms with Gasteiger partial charge < -0.3 is 5.32 Å². The maximum atomic E-state index is 13.1. The Bertz CT molecular complexity index is 1420. The predicted octanol–water partition coefficient (Wildman–Crippen LogP) is 5.36. The summed E-state index contributed by atoms with van der Waals surface area (Å²) >= 11 is 2.49. The van der Waals surface area contributed by atoms with Gasteiger partial charge in [-0.2, -0.15) is 13.2 Å². The molecule has 2 bridgehead atoms. The number of rotatable bonds is 5. The first-order valence-electron chi connectivity index (χ1n) is 11.3. The van der Waals surface area contributed by atoms with E-state index in [9.17, 15) is 27.6 Å². The zero-order valence-corrected chi connectivity index (χ0v) is 20.1. The maximum Gasteiger partial charge on any atom is 0.416 e. The number of halogens is 3. The second-order valence-corrected chi connectivity index (χ2v) is 11.3. The number of aromatic nitrogens is 1. The number of hydrogen-bond acceptors (Lipinski definition) is 6. The zero-order valence-electron chi connectivity index (χ0n) is 18.5. The van der Waals surface area contributed by atoms with Gasteiger partial charge in [0.1, 0.15) is 0 Å². The van der Waals surface area contributed by atoms with Crippen LogP contribution in [0.25, 0.3) is 10.2 Å². The average Bonchev–Trinajstić information content (AvgIpc) is 3.60. The van der Waals surface area contributed by atoms with Crippen molar-refractivity contribution in [3.05, 3.63) is 60.2 Å². The van der Waals surface area contributed by atoms with E-state index >= 15 is 0 Å². The van der Waals surface area contributed by atoms with Crippen molar-refractivity contribution in [2.24, 2.45) is 23.7 Å². The topological polar surface area (TPSA) is 79.4 Å². The molecule has 184 valence electrons. The lowest BCUT2D eigenvalue weighted by Gasteiger charge is -2.17. The first-order valence-corrected chi connectivity index (χ1v) is 13.1. The lowest BCUT2D eigenvalue weighted by atomic mass is 9.85. The highest BCUT2D eigenvalue weighted by atomic mass is 32.2. The van der Waals surface area contributed by atoms with Crippen molar-refractivity contribution in [3.63, 3.8) is 0 Å². The molecule has 1 saturated carbocycles. The lowest BCUT2D eigenvalue weighted by Crippen LogP contribution is -2.32. The Morgan fingerprint density at radius 1 is 1.08 bits per heavy atom. The van der Waals surface area contributed by atoms with Crippen molar-refractivity contribution in [1.82, 2.24) is 4.98 Å². The van der Waals surface area contributed by atoms with E-state index in [2.05, 4.69) is 22.5 Å². The number of anilines is 2. The van der Waals surface area contributed by atoms with Gasteiger partial charge in [-0.1, -0.05) is 30.0 Å². The van der Waals surface area contributed by atoms with Gasteiger partial charge in [0.2, 0.25) is 17.7 Å². The molecule has 3 aromatic rings. The number of alkyl halides is 3. The van der Waals surface area contributed by atoms with Crippen LogP contribution in [0, 0.1) is 23.7 Å². The molecule has 3 aliphatic rings. The normalized spacial score (nSPS) is 24.7. The van der Waals surface area contributed by atoms with Gasteiger partial charge in [-0.25, -0.2) is 9.88 Å². The van der Waals surface area contributed by atoms with Crippen molar-refractivity contribution in [2.45, 2.75) is 16.9 Å². The third-order valence-electron chi connectivity index (χ3n) is 6.88. The Balaban J connectivity index is 1.14. The quantitative estimate of drug-likeness (QED) is 0.274. The van der Waals surface area contributed by atoms with Crippen LogP contribution in [0.2, 0.25) is 0 Å². The summed E-state index contributed by atoms with van der Waals surface area (Å²) < 4.78 is 40.0. The molecule has 11 heteroatoms. The number of thiazole rings is 1. The molecule has 1 N–H and O–H groups in total. The van der Waals surface area contributed by atoms with Crippen LogP contribution in [-0.2, 0) is 20.6 Å². The number of imide groups is 1. The summed E-state index contributed by atoms with van der Waals surface area (Å²) in [5, 5.41) is 2.48. The monoisotopic (exact) mass is 529 g/mol. The Kier molecular flexibility index (Phi) is 5.45. The molecule has 2 aromatic carbocycles. The molecule has 4 atom stereocenters. The van der Waals surface area contributed by atoms with Gasteiger partial charge in [0.25, 0.3) is 0 Å². The van der Waals surface area contributed by atoms with Gasteiger partial charge in [-0.15, -0.1) is 11.3 Å². The van der Waals surface area contributed by atoms with E-state index in [0.29, 0.717) is 15.5 Å². The molecular formula is C25H18F3N3O3S2. The molecule has 0 radical (unpaired) electrons. The number of hydrogen-bond donors (Lipinski definition) is 1. The highest BCUT2D eigenvalue weighted by Crippen LogP contribution is 2.53. The summed E-state index contributed by atoms with van der Waals surface area (Å²) in [6, 6.07) is 9.69. The maximum absolute atomic E-state index is 13.1. The molecule has 1 aliphatic heterocycles. The first-order chi connectivity index (χ1) is 17.2. The summed E-state index contributed by atoms with van der Waals surface area (Å²) in [5.41, 5.74) is 0.425. The Labute approximate surface area is 211 Å². The highest BCUT2D eigenvalue weighted by molar-refractivity contribution is 8.01. The van der Waals surface area contributed by atoms with Gasteiger partial charge in [0.05, 0.1) is 39.1 Å². The number of allylic oxidation sites excluding steroid dienone is 2. The van der Waals surface area contributed by atoms with Gasteiger partial charge >= 0.3 is 6.18 Å². The van der Waals surface area contributed by atoms with Crippen molar-refractivity contribution in [2.75, 3.05) is 16.0 Å². The third kappa shape index (κ3) is 3.90. The number of carbonyl (C=O) groups is 3. The average molecular weight is 530 g/mol. The molecule has 0 unspecified atom stereocenters. The van der Waals surface area contributed by atoms with Gasteiger partial charge in [0, 0.05) is 5.69 Å². The van der Waals surface area contributed by atoms with Crippen LogP contribution in [0.15, 0.2) is 59.0 Å². The summed E-state index contributed by atoms with van der Waals surface area (Å²) in [4.78, 5) is 44.2.